The summed E-state index contributed by atoms with van der Waals surface area (Å²) in [5.41, 5.74) is 6.02. The van der Waals surface area contributed by atoms with Gasteiger partial charge in [0.2, 0.25) is 0 Å². The van der Waals surface area contributed by atoms with Gasteiger partial charge in [-0.2, -0.15) is 0 Å². The van der Waals surface area contributed by atoms with E-state index in [2.05, 4.69) is 38.1 Å². The highest BCUT2D eigenvalue weighted by Gasteiger charge is 2.20. The Morgan fingerprint density at radius 3 is 2.85 bits per heavy atom. The minimum Gasteiger partial charge on any atom is -0.489 e. The van der Waals surface area contributed by atoms with Crippen LogP contribution in [0.1, 0.15) is 40.3 Å². The number of aliphatic hydroxyl groups is 1. The van der Waals surface area contributed by atoms with Gasteiger partial charge in [0.1, 0.15) is 12.4 Å². The topological polar surface area (TPSA) is 29.5 Å². The standard InChI is InChI=1S/C18H20O2/c1-12-3-4-13(2)15(9-12)11-20-16-6-7-17-14(10-16)5-8-18(17)19/h3-4,6-7,9-10,18-19H,5,8,11H2,1-2H3. The first-order valence-corrected chi connectivity index (χ1v) is 7.13. The first-order valence-electron chi connectivity index (χ1n) is 7.13. The second-order valence-electron chi connectivity index (χ2n) is 5.63. The summed E-state index contributed by atoms with van der Waals surface area (Å²) in [6, 6.07) is 12.4. The third-order valence-corrected chi connectivity index (χ3v) is 4.06. The zero-order valence-corrected chi connectivity index (χ0v) is 12.0. The van der Waals surface area contributed by atoms with E-state index in [1.54, 1.807) is 0 Å². The van der Waals surface area contributed by atoms with Crippen LogP contribution in [0.3, 0.4) is 0 Å². The molecule has 1 aliphatic carbocycles. The van der Waals surface area contributed by atoms with Crippen LogP contribution in [0.5, 0.6) is 5.75 Å². The fourth-order valence-electron chi connectivity index (χ4n) is 2.78. The Morgan fingerprint density at radius 2 is 2.00 bits per heavy atom. The predicted molar refractivity (Wildman–Crippen MR) is 80.0 cm³/mol. The molecule has 2 aromatic carbocycles. The number of fused-ring (bicyclic) bond motifs is 1. The summed E-state index contributed by atoms with van der Waals surface area (Å²) >= 11 is 0. The van der Waals surface area contributed by atoms with Crippen molar-refractivity contribution in [3.05, 3.63) is 64.2 Å². The lowest BCUT2D eigenvalue weighted by atomic mass is 10.1. The smallest absolute Gasteiger partial charge is 0.120 e. The number of benzene rings is 2. The molecule has 2 nitrogen and oxygen atoms in total. The van der Waals surface area contributed by atoms with Crippen molar-refractivity contribution in [2.75, 3.05) is 0 Å². The lowest BCUT2D eigenvalue weighted by Crippen LogP contribution is -1.99. The summed E-state index contributed by atoms with van der Waals surface area (Å²) in [5.74, 6) is 0.888. The highest BCUT2D eigenvalue weighted by Crippen LogP contribution is 2.33. The van der Waals surface area contributed by atoms with Gasteiger partial charge in [0.05, 0.1) is 6.10 Å². The predicted octanol–water partition coefficient (Wildman–Crippen LogP) is 3.86. The van der Waals surface area contributed by atoms with Crippen molar-refractivity contribution in [2.24, 2.45) is 0 Å². The summed E-state index contributed by atoms with van der Waals surface area (Å²) in [4.78, 5) is 0. The molecule has 0 saturated carbocycles. The van der Waals surface area contributed by atoms with E-state index < -0.39 is 0 Å². The lowest BCUT2D eigenvalue weighted by Gasteiger charge is -2.11. The van der Waals surface area contributed by atoms with Crippen LogP contribution in [-0.4, -0.2) is 5.11 Å². The number of hydrogen-bond acceptors (Lipinski definition) is 2. The van der Waals surface area contributed by atoms with E-state index in [9.17, 15) is 5.11 Å². The van der Waals surface area contributed by atoms with E-state index in [-0.39, 0.29) is 6.10 Å². The highest BCUT2D eigenvalue weighted by atomic mass is 16.5. The van der Waals surface area contributed by atoms with Gasteiger partial charge in [-0.05, 0) is 61.1 Å². The number of ether oxygens (including phenoxy) is 1. The molecule has 0 aliphatic heterocycles. The summed E-state index contributed by atoms with van der Waals surface area (Å²) in [6.45, 7) is 4.80. The Kier molecular flexibility index (Phi) is 3.49. The van der Waals surface area contributed by atoms with Crippen molar-refractivity contribution in [3.8, 4) is 5.75 Å². The molecule has 1 unspecified atom stereocenters. The van der Waals surface area contributed by atoms with Crippen LogP contribution in [-0.2, 0) is 13.0 Å². The fraction of sp³-hybridized carbons (Fsp3) is 0.333. The zero-order valence-electron chi connectivity index (χ0n) is 12.0. The van der Waals surface area contributed by atoms with Crippen LogP contribution in [0, 0.1) is 13.8 Å². The van der Waals surface area contributed by atoms with Gasteiger partial charge in [-0.25, -0.2) is 0 Å². The van der Waals surface area contributed by atoms with Crippen molar-refractivity contribution in [1.29, 1.82) is 0 Å². The maximum Gasteiger partial charge on any atom is 0.120 e. The minimum atomic E-state index is -0.293. The summed E-state index contributed by atoms with van der Waals surface area (Å²) in [7, 11) is 0. The lowest BCUT2D eigenvalue weighted by molar-refractivity contribution is 0.180. The Morgan fingerprint density at radius 1 is 1.15 bits per heavy atom. The third kappa shape index (κ3) is 2.56. The Hall–Kier alpha value is -1.80. The summed E-state index contributed by atoms with van der Waals surface area (Å²) < 4.78 is 5.91. The molecule has 0 bridgehead atoms. The molecule has 0 spiro atoms. The second kappa shape index (κ2) is 5.29. The number of hydrogen-bond donors (Lipinski definition) is 1. The van der Waals surface area contributed by atoms with Gasteiger partial charge in [-0.1, -0.05) is 29.8 Å². The molecule has 20 heavy (non-hydrogen) atoms. The summed E-state index contributed by atoms with van der Waals surface area (Å²) in [5, 5.41) is 9.81. The molecular weight excluding hydrogens is 248 g/mol. The molecule has 3 rings (SSSR count). The van der Waals surface area contributed by atoms with Gasteiger partial charge in [0.15, 0.2) is 0 Å². The second-order valence-corrected chi connectivity index (χ2v) is 5.63. The van der Waals surface area contributed by atoms with Gasteiger partial charge in [0, 0.05) is 0 Å². The minimum absolute atomic E-state index is 0.293. The molecule has 1 aliphatic rings. The molecule has 0 heterocycles. The average Bonchev–Trinajstić information content (AvgIpc) is 2.81. The van der Waals surface area contributed by atoms with E-state index in [1.807, 2.05) is 12.1 Å². The van der Waals surface area contributed by atoms with Crippen molar-refractivity contribution in [1.82, 2.24) is 0 Å². The molecule has 0 radical (unpaired) electrons. The van der Waals surface area contributed by atoms with Crippen LogP contribution in [0.2, 0.25) is 0 Å². The largest absolute Gasteiger partial charge is 0.489 e. The SMILES string of the molecule is Cc1ccc(C)c(COc2ccc3c(c2)CCC3O)c1. The maximum atomic E-state index is 9.81. The van der Waals surface area contributed by atoms with Gasteiger partial charge in [-0.15, -0.1) is 0 Å². The molecule has 0 amide bonds. The van der Waals surface area contributed by atoms with Crippen molar-refractivity contribution in [3.63, 3.8) is 0 Å². The van der Waals surface area contributed by atoms with Gasteiger partial charge in [0.25, 0.3) is 0 Å². The Bertz CT molecular complexity index is 631. The monoisotopic (exact) mass is 268 g/mol. The van der Waals surface area contributed by atoms with Gasteiger partial charge < -0.3 is 9.84 Å². The van der Waals surface area contributed by atoms with Crippen LogP contribution < -0.4 is 4.74 Å². The van der Waals surface area contributed by atoms with Gasteiger partial charge >= 0.3 is 0 Å². The van der Waals surface area contributed by atoms with Gasteiger partial charge in [-0.3, -0.25) is 0 Å². The van der Waals surface area contributed by atoms with E-state index >= 15 is 0 Å². The quantitative estimate of drug-likeness (QED) is 0.916. The Balaban J connectivity index is 1.74. The van der Waals surface area contributed by atoms with Crippen LogP contribution in [0.15, 0.2) is 36.4 Å². The van der Waals surface area contributed by atoms with E-state index in [4.69, 9.17) is 4.74 Å². The van der Waals surface area contributed by atoms with Crippen molar-refractivity contribution in [2.45, 2.75) is 39.4 Å². The molecule has 0 aromatic heterocycles. The molecule has 1 N–H and O–H groups in total. The number of aryl methyl sites for hydroxylation is 3. The normalized spacial score (nSPS) is 17.1. The molecule has 104 valence electrons. The maximum absolute atomic E-state index is 9.81. The van der Waals surface area contributed by atoms with Crippen molar-refractivity contribution >= 4 is 0 Å². The van der Waals surface area contributed by atoms with Crippen molar-refractivity contribution < 1.29 is 9.84 Å². The molecule has 0 fully saturated rings. The molecule has 2 aromatic rings. The molecule has 1 atom stereocenters. The first-order chi connectivity index (χ1) is 9.63. The van der Waals surface area contributed by atoms with E-state index in [0.29, 0.717) is 6.61 Å². The zero-order chi connectivity index (χ0) is 14.1. The van der Waals surface area contributed by atoms with E-state index in [1.165, 1.54) is 22.3 Å². The highest BCUT2D eigenvalue weighted by molar-refractivity contribution is 5.40. The number of rotatable bonds is 3. The molecule has 2 heteroatoms. The Labute approximate surface area is 120 Å². The number of aliphatic hydroxyl groups excluding tert-OH is 1. The summed E-state index contributed by atoms with van der Waals surface area (Å²) in [6.07, 6.45) is 1.48. The van der Waals surface area contributed by atoms with Crippen LogP contribution in [0.4, 0.5) is 0 Å². The average molecular weight is 268 g/mol. The molecular formula is C18H20O2. The van der Waals surface area contributed by atoms with Crippen LogP contribution >= 0.6 is 0 Å². The first kappa shape index (κ1) is 13.2. The van der Waals surface area contributed by atoms with Crippen LogP contribution in [0.25, 0.3) is 0 Å². The fourth-order valence-corrected chi connectivity index (χ4v) is 2.78. The molecule has 0 saturated heterocycles. The third-order valence-electron chi connectivity index (χ3n) is 4.06. The van der Waals surface area contributed by atoms with E-state index in [0.717, 1.165) is 24.2 Å².